The van der Waals surface area contributed by atoms with Crippen molar-refractivity contribution in [3.05, 3.63) is 22.4 Å². The summed E-state index contributed by atoms with van der Waals surface area (Å²) < 4.78 is 40.4. The van der Waals surface area contributed by atoms with Gasteiger partial charge in [-0.05, 0) is 40.9 Å². The Balaban J connectivity index is 2.47. The molecule has 1 aromatic rings. The molecule has 5 nitrogen and oxygen atoms in total. The summed E-state index contributed by atoms with van der Waals surface area (Å²) in [5, 5.41) is 9.06. The first kappa shape index (κ1) is 15.7. The monoisotopic (exact) mass is 366 g/mol. The number of nitrogen functional groups attached to an aromatic ring is 1. The van der Waals surface area contributed by atoms with Crippen molar-refractivity contribution in [2.75, 3.05) is 18.9 Å². The van der Waals surface area contributed by atoms with E-state index >= 15 is 0 Å². The Morgan fingerprint density at radius 2 is 2.10 bits per heavy atom. The second-order valence-electron chi connectivity index (χ2n) is 4.74. The highest BCUT2D eigenvalue weighted by atomic mass is 79.9. The van der Waals surface area contributed by atoms with Crippen LogP contribution in [0.1, 0.15) is 19.3 Å². The molecule has 0 atom stereocenters. The van der Waals surface area contributed by atoms with Gasteiger partial charge >= 0.3 is 0 Å². The van der Waals surface area contributed by atoms with Crippen LogP contribution in [0.3, 0.4) is 0 Å². The summed E-state index contributed by atoms with van der Waals surface area (Å²) in [4.78, 5) is -0.454. The number of nitrogens with two attached hydrogens (primary N) is 1. The fraction of sp³-hybridized carbons (Fsp3) is 0.500. The van der Waals surface area contributed by atoms with Gasteiger partial charge in [0.1, 0.15) is 4.90 Å². The predicted octanol–water partition coefficient (Wildman–Crippen LogP) is 1.71. The molecule has 0 unspecified atom stereocenters. The van der Waals surface area contributed by atoms with Crippen molar-refractivity contribution < 1.29 is 17.9 Å². The van der Waals surface area contributed by atoms with Crippen molar-refractivity contribution in [1.29, 1.82) is 0 Å². The smallest absolute Gasteiger partial charge is 0.246 e. The molecule has 0 aromatic heterocycles. The summed E-state index contributed by atoms with van der Waals surface area (Å²) in [7, 11) is -4.01. The van der Waals surface area contributed by atoms with Crippen LogP contribution in [0.2, 0.25) is 0 Å². The van der Waals surface area contributed by atoms with Crippen LogP contribution >= 0.6 is 15.9 Å². The number of anilines is 1. The van der Waals surface area contributed by atoms with Crippen molar-refractivity contribution in [2.45, 2.75) is 30.2 Å². The normalized spacial score (nSPS) is 16.4. The van der Waals surface area contributed by atoms with E-state index < -0.39 is 20.7 Å². The summed E-state index contributed by atoms with van der Waals surface area (Å²) in [6, 6.07) is 2.25. The van der Waals surface area contributed by atoms with Gasteiger partial charge in [-0.15, -0.1) is 0 Å². The van der Waals surface area contributed by atoms with E-state index in [-0.39, 0.29) is 29.4 Å². The Labute approximate surface area is 125 Å². The molecule has 112 valence electrons. The van der Waals surface area contributed by atoms with Gasteiger partial charge in [0.15, 0.2) is 5.82 Å². The molecule has 3 N–H and O–H groups in total. The molecule has 2 rings (SSSR count). The van der Waals surface area contributed by atoms with Gasteiger partial charge in [-0.2, -0.15) is 4.31 Å². The molecule has 0 bridgehead atoms. The van der Waals surface area contributed by atoms with Crippen molar-refractivity contribution >= 4 is 31.6 Å². The molecule has 0 amide bonds. The van der Waals surface area contributed by atoms with E-state index in [1.54, 1.807) is 0 Å². The summed E-state index contributed by atoms with van der Waals surface area (Å²) in [5.41, 5.74) is 5.75. The van der Waals surface area contributed by atoms with Crippen LogP contribution in [-0.4, -0.2) is 37.0 Å². The number of aliphatic hydroxyl groups is 1. The van der Waals surface area contributed by atoms with Crippen LogP contribution in [0.25, 0.3) is 0 Å². The van der Waals surface area contributed by atoms with Gasteiger partial charge in [0, 0.05) is 18.3 Å². The van der Waals surface area contributed by atoms with E-state index in [9.17, 15) is 12.8 Å². The highest BCUT2D eigenvalue weighted by Gasteiger charge is 2.36. The first-order chi connectivity index (χ1) is 9.37. The van der Waals surface area contributed by atoms with Gasteiger partial charge in [0.2, 0.25) is 10.0 Å². The number of rotatable bonds is 5. The Morgan fingerprint density at radius 3 is 2.60 bits per heavy atom. The first-order valence-corrected chi connectivity index (χ1v) is 8.48. The minimum absolute atomic E-state index is 0.00799. The van der Waals surface area contributed by atoms with E-state index in [1.807, 2.05) is 0 Å². The van der Waals surface area contributed by atoms with Gasteiger partial charge in [-0.25, -0.2) is 12.8 Å². The predicted molar refractivity (Wildman–Crippen MR) is 77.1 cm³/mol. The summed E-state index contributed by atoms with van der Waals surface area (Å²) in [6.07, 6.45) is 2.39. The number of halogens is 2. The van der Waals surface area contributed by atoms with Crippen LogP contribution in [0.4, 0.5) is 10.1 Å². The van der Waals surface area contributed by atoms with Crippen LogP contribution in [-0.2, 0) is 10.0 Å². The van der Waals surface area contributed by atoms with Crippen molar-refractivity contribution in [3.63, 3.8) is 0 Å². The molecule has 0 heterocycles. The zero-order valence-electron chi connectivity index (χ0n) is 10.7. The highest BCUT2D eigenvalue weighted by molar-refractivity contribution is 9.10. The Hall–Kier alpha value is -0.700. The Kier molecular flexibility index (Phi) is 4.68. The van der Waals surface area contributed by atoms with Crippen LogP contribution in [0, 0.1) is 5.82 Å². The van der Waals surface area contributed by atoms with E-state index in [2.05, 4.69) is 15.9 Å². The summed E-state index contributed by atoms with van der Waals surface area (Å²) in [5.74, 6) is -0.860. The molecular weight excluding hydrogens is 351 g/mol. The number of nitrogens with zero attached hydrogens (tertiary/aromatic N) is 1. The molecule has 0 radical (unpaired) electrons. The standard InChI is InChI=1S/C12H16BrFN2O3S/c13-10-6-8(15)7-11(12(10)14)20(18,19)16(4-5-17)9-2-1-3-9/h6-7,9,17H,1-5,15H2. The lowest BCUT2D eigenvalue weighted by Crippen LogP contribution is -2.45. The number of hydrogen-bond acceptors (Lipinski definition) is 4. The first-order valence-electron chi connectivity index (χ1n) is 6.25. The Morgan fingerprint density at radius 1 is 1.45 bits per heavy atom. The molecule has 20 heavy (non-hydrogen) atoms. The van der Waals surface area contributed by atoms with Crippen LogP contribution in [0.15, 0.2) is 21.5 Å². The molecular formula is C12H16BrFN2O3S. The number of aliphatic hydroxyl groups excluding tert-OH is 1. The van der Waals surface area contributed by atoms with Gasteiger partial charge in [-0.3, -0.25) is 0 Å². The molecule has 0 spiro atoms. The molecule has 1 aliphatic rings. The quantitative estimate of drug-likeness (QED) is 0.776. The second-order valence-corrected chi connectivity index (χ2v) is 7.45. The fourth-order valence-electron chi connectivity index (χ4n) is 2.17. The van der Waals surface area contributed by atoms with Crippen molar-refractivity contribution in [3.8, 4) is 0 Å². The second kappa shape index (κ2) is 5.97. The molecule has 0 saturated heterocycles. The van der Waals surface area contributed by atoms with E-state index in [0.717, 1.165) is 25.3 Å². The molecule has 1 aliphatic carbocycles. The lowest BCUT2D eigenvalue weighted by Gasteiger charge is -2.36. The number of sulfonamides is 1. The average Bonchev–Trinajstić information content (AvgIpc) is 2.30. The van der Waals surface area contributed by atoms with Crippen molar-refractivity contribution in [1.82, 2.24) is 4.31 Å². The maximum atomic E-state index is 14.1. The number of benzene rings is 1. The summed E-state index contributed by atoms with van der Waals surface area (Å²) >= 11 is 2.96. The number of hydrogen-bond donors (Lipinski definition) is 2. The average molecular weight is 367 g/mol. The lowest BCUT2D eigenvalue weighted by atomic mass is 9.93. The van der Waals surface area contributed by atoms with E-state index in [0.29, 0.717) is 0 Å². The van der Waals surface area contributed by atoms with Crippen molar-refractivity contribution in [2.24, 2.45) is 0 Å². The molecule has 1 aromatic carbocycles. The van der Waals surface area contributed by atoms with Gasteiger partial charge in [0.05, 0.1) is 11.1 Å². The molecule has 0 aliphatic heterocycles. The minimum Gasteiger partial charge on any atom is -0.399 e. The zero-order valence-corrected chi connectivity index (χ0v) is 13.1. The topological polar surface area (TPSA) is 83.6 Å². The third-order valence-electron chi connectivity index (χ3n) is 3.41. The maximum absolute atomic E-state index is 14.1. The summed E-state index contributed by atoms with van der Waals surface area (Å²) in [6.45, 7) is -0.348. The van der Waals surface area contributed by atoms with E-state index in [4.69, 9.17) is 10.8 Å². The molecule has 1 saturated carbocycles. The SMILES string of the molecule is Nc1cc(Br)c(F)c(S(=O)(=O)N(CCO)C2CCC2)c1. The third kappa shape index (κ3) is 2.83. The Bertz CT molecular complexity index is 605. The molecule has 1 fully saturated rings. The lowest BCUT2D eigenvalue weighted by molar-refractivity contribution is 0.178. The van der Waals surface area contributed by atoms with Gasteiger partial charge in [-0.1, -0.05) is 6.42 Å². The maximum Gasteiger partial charge on any atom is 0.246 e. The van der Waals surface area contributed by atoms with Gasteiger partial charge in [0.25, 0.3) is 0 Å². The largest absolute Gasteiger partial charge is 0.399 e. The zero-order chi connectivity index (χ0) is 14.9. The van der Waals surface area contributed by atoms with E-state index in [1.165, 1.54) is 10.4 Å². The van der Waals surface area contributed by atoms with Gasteiger partial charge < -0.3 is 10.8 Å². The highest BCUT2D eigenvalue weighted by Crippen LogP contribution is 2.33. The fourth-order valence-corrected chi connectivity index (χ4v) is 4.58. The van der Waals surface area contributed by atoms with Crippen LogP contribution < -0.4 is 5.73 Å². The van der Waals surface area contributed by atoms with Crippen LogP contribution in [0.5, 0.6) is 0 Å². The minimum atomic E-state index is -4.01. The third-order valence-corrected chi connectivity index (χ3v) is 5.93. The molecule has 8 heteroatoms.